The normalized spacial score (nSPS) is 46.6. The van der Waals surface area contributed by atoms with Gasteiger partial charge in [-0.2, -0.15) is 0 Å². The first kappa shape index (κ1) is 12.4. The second-order valence-electron chi connectivity index (χ2n) is 5.80. The molecule has 0 amide bonds. The van der Waals surface area contributed by atoms with Crippen LogP contribution in [0.25, 0.3) is 0 Å². The van der Waals surface area contributed by atoms with Crippen LogP contribution in [0, 0.1) is 0 Å². The predicted octanol–water partition coefficient (Wildman–Crippen LogP) is 1.92. The molecular weight excluding hydrogens is 236 g/mol. The van der Waals surface area contributed by atoms with Gasteiger partial charge in [-0.05, 0) is 40.7 Å². The van der Waals surface area contributed by atoms with Gasteiger partial charge in [-0.3, -0.25) is 0 Å². The number of allylic oxidation sites excluding steroid dienone is 1. The van der Waals surface area contributed by atoms with Crippen molar-refractivity contribution in [2.45, 2.75) is 70.8 Å². The third kappa shape index (κ3) is 1.86. The van der Waals surface area contributed by atoms with E-state index in [2.05, 4.69) is 0 Å². The van der Waals surface area contributed by atoms with Gasteiger partial charge in [0, 0.05) is 0 Å². The van der Waals surface area contributed by atoms with Crippen molar-refractivity contribution >= 4 is 0 Å². The van der Waals surface area contributed by atoms with Crippen molar-refractivity contribution in [3.63, 3.8) is 0 Å². The van der Waals surface area contributed by atoms with E-state index < -0.39 is 17.9 Å². The third-order valence-electron chi connectivity index (χ3n) is 3.36. The van der Waals surface area contributed by atoms with E-state index in [9.17, 15) is 0 Å². The van der Waals surface area contributed by atoms with Gasteiger partial charge >= 0.3 is 0 Å². The summed E-state index contributed by atoms with van der Waals surface area (Å²) < 4.78 is 29.3. The number of ether oxygens (including phenoxy) is 5. The maximum absolute atomic E-state index is 5.94. The number of rotatable bonds is 0. The molecule has 0 radical (unpaired) electrons. The van der Waals surface area contributed by atoms with Crippen LogP contribution in [0.3, 0.4) is 0 Å². The molecule has 4 atom stereocenters. The SMILES string of the molecule is C/C=C1/O[C@@H]2OC(C)(C)O[C@@H]2[C@H]2OC(C)(C)O[C@@H]12. The molecule has 3 fully saturated rings. The summed E-state index contributed by atoms with van der Waals surface area (Å²) in [7, 11) is 0. The maximum atomic E-state index is 5.94. The molecule has 3 heterocycles. The lowest BCUT2D eigenvalue weighted by atomic mass is 10.0. The van der Waals surface area contributed by atoms with Crippen LogP contribution in [-0.4, -0.2) is 36.2 Å². The van der Waals surface area contributed by atoms with Gasteiger partial charge in [-0.15, -0.1) is 0 Å². The highest BCUT2D eigenvalue weighted by Gasteiger charge is 2.59. The molecular formula is C13H20O5. The average Bonchev–Trinajstić information content (AvgIpc) is 2.71. The number of hydrogen-bond donors (Lipinski definition) is 0. The highest BCUT2D eigenvalue weighted by atomic mass is 16.9. The van der Waals surface area contributed by atoms with Crippen molar-refractivity contribution in [3.05, 3.63) is 11.8 Å². The molecule has 0 unspecified atom stereocenters. The smallest absolute Gasteiger partial charge is 0.231 e. The van der Waals surface area contributed by atoms with Crippen LogP contribution in [0.2, 0.25) is 0 Å². The van der Waals surface area contributed by atoms with E-state index in [1.54, 1.807) is 0 Å². The standard InChI is InChI=1S/C13H20O5/c1-6-7-8-9(16-12(2,3)15-8)10-11(14-7)18-13(4,5)17-10/h6,8-11H,1-5H3/b7-6+/t8-,9-,10+,11+/m0/s1. The minimum atomic E-state index is -0.654. The molecule has 0 N–H and O–H groups in total. The first-order valence-corrected chi connectivity index (χ1v) is 6.35. The van der Waals surface area contributed by atoms with Crippen molar-refractivity contribution in [2.75, 3.05) is 0 Å². The second-order valence-corrected chi connectivity index (χ2v) is 5.80. The summed E-state index contributed by atoms with van der Waals surface area (Å²) >= 11 is 0. The van der Waals surface area contributed by atoms with Crippen LogP contribution in [0.15, 0.2) is 11.8 Å². The molecule has 0 aromatic carbocycles. The van der Waals surface area contributed by atoms with Gasteiger partial charge in [0.1, 0.15) is 18.0 Å². The van der Waals surface area contributed by atoms with E-state index in [1.165, 1.54) is 0 Å². The predicted molar refractivity (Wildman–Crippen MR) is 62.5 cm³/mol. The van der Waals surface area contributed by atoms with Crippen molar-refractivity contribution < 1.29 is 23.7 Å². The van der Waals surface area contributed by atoms with E-state index in [-0.39, 0.29) is 18.3 Å². The van der Waals surface area contributed by atoms with Crippen LogP contribution in [0.4, 0.5) is 0 Å². The summed E-state index contributed by atoms with van der Waals surface area (Å²) in [6.07, 6.45) is 0.809. The molecule has 3 aliphatic rings. The maximum Gasteiger partial charge on any atom is 0.231 e. The third-order valence-corrected chi connectivity index (χ3v) is 3.36. The summed E-state index contributed by atoms with van der Waals surface area (Å²) in [5.41, 5.74) is 0. The van der Waals surface area contributed by atoms with Crippen molar-refractivity contribution in [1.82, 2.24) is 0 Å². The van der Waals surface area contributed by atoms with E-state index >= 15 is 0 Å². The molecule has 0 spiro atoms. The molecule has 0 aromatic rings. The average molecular weight is 256 g/mol. The Balaban J connectivity index is 1.91. The highest BCUT2D eigenvalue weighted by molar-refractivity contribution is 5.12. The molecule has 0 aliphatic carbocycles. The molecule has 0 bridgehead atoms. The Kier molecular flexibility index (Phi) is 2.55. The van der Waals surface area contributed by atoms with E-state index in [0.717, 1.165) is 5.76 Å². The topological polar surface area (TPSA) is 46.2 Å². The fourth-order valence-corrected chi connectivity index (χ4v) is 2.75. The molecule has 3 aliphatic heterocycles. The molecule has 3 rings (SSSR count). The van der Waals surface area contributed by atoms with E-state index in [0.29, 0.717) is 0 Å². The quantitative estimate of drug-likeness (QED) is 0.662. The van der Waals surface area contributed by atoms with Gasteiger partial charge in [0.05, 0.1) is 0 Å². The fraction of sp³-hybridized carbons (Fsp3) is 0.846. The molecule has 18 heavy (non-hydrogen) atoms. The lowest BCUT2D eigenvalue weighted by Crippen LogP contribution is -2.48. The lowest BCUT2D eigenvalue weighted by Gasteiger charge is -2.33. The Morgan fingerprint density at radius 1 is 0.889 bits per heavy atom. The van der Waals surface area contributed by atoms with Gasteiger partial charge in [-0.1, -0.05) is 0 Å². The Bertz CT molecular complexity index is 387. The van der Waals surface area contributed by atoms with Gasteiger partial charge in [0.2, 0.25) is 6.29 Å². The molecule has 0 aromatic heterocycles. The highest BCUT2D eigenvalue weighted by Crippen LogP contribution is 2.45. The first-order chi connectivity index (χ1) is 8.31. The Hall–Kier alpha value is -0.620. The molecule has 5 nitrogen and oxygen atoms in total. The zero-order valence-electron chi connectivity index (χ0n) is 11.4. The summed E-state index contributed by atoms with van der Waals surface area (Å²) in [5.74, 6) is -0.523. The van der Waals surface area contributed by atoms with Gasteiger partial charge in [0.15, 0.2) is 17.7 Å². The minimum absolute atomic E-state index is 0.188. The van der Waals surface area contributed by atoms with E-state index in [4.69, 9.17) is 23.7 Å². The summed E-state index contributed by atoms with van der Waals surface area (Å²) in [5, 5.41) is 0. The van der Waals surface area contributed by atoms with E-state index in [1.807, 2.05) is 40.7 Å². The molecule has 0 saturated carbocycles. The zero-order chi connectivity index (χ0) is 13.1. The van der Waals surface area contributed by atoms with Crippen LogP contribution in [0.5, 0.6) is 0 Å². The van der Waals surface area contributed by atoms with Crippen LogP contribution < -0.4 is 0 Å². The fourth-order valence-electron chi connectivity index (χ4n) is 2.75. The van der Waals surface area contributed by atoms with Crippen LogP contribution >= 0.6 is 0 Å². The summed E-state index contributed by atoms with van der Waals surface area (Å²) in [4.78, 5) is 0. The number of hydrogen-bond acceptors (Lipinski definition) is 5. The second kappa shape index (κ2) is 3.70. The van der Waals surface area contributed by atoms with Crippen LogP contribution in [0.1, 0.15) is 34.6 Å². The Morgan fingerprint density at radius 2 is 1.50 bits per heavy atom. The summed E-state index contributed by atoms with van der Waals surface area (Å²) in [6.45, 7) is 9.46. The van der Waals surface area contributed by atoms with Crippen molar-refractivity contribution in [2.24, 2.45) is 0 Å². The van der Waals surface area contributed by atoms with Gasteiger partial charge in [-0.25, -0.2) is 0 Å². The van der Waals surface area contributed by atoms with Gasteiger partial charge in [0.25, 0.3) is 0 Å². The summed E-state index contributed by atoms with van der Waals surface area (Å²) in [6, 6.07) is 0. The number of fused-ring (bicyclic) bond motifs is 3. The lowest BCUT2D eigenvalue weighted by molar-refractivity contribution is -0.187. The minimum Gasteiger partial charge on any atom is -0.464 e. The van der Waals surface area contributed by atoms with Crippen LogP contribution in [-0.2, 0) is 23.7 Å². The van der Waals surface area contributed by atoms with Gasteiger partial charge < -0.3 is 23.7 Å². The van der Waals surface area contributed by atoms with Crippen molar-refractivity contribution in [3.8, 4) is 0 Å². The Morgan fingerprint density at radius 3 is 2.17 bits per heavy atom. The van der Waals surface area contributed by atoms with Crippen molar-refractivity contribution in [1.29, 1.82) is 0 Å². The molecule has 5 heteroatoms. The molecule has 102 valence electrons. The Labute approximate surface area is 107 Å². The monoisotopic (exact) mass is 256 g/mol. The first-order valence-electron chi connectivity index (χ1n) is 6.35. The largest absolute Gasteiger partial charge is 0.464 e. The zero-order valence-corrected chi connectivity index (χ0v) is 11.4. The molecule has 3 saturated heterocycles.